The molecule has 3 aromatic rings. The van der Waals surface area contributed by atoms with Gasteiger partial charge in [-0.25, -0.2) is 5.01 Å². The third-order valence-electron chi connectivity index (χ3n) is 6.75. The maximum Gasteiger partial charge on any atom is 0.262 e. The molecule has 9 nitrogen and oxygen atoms in total. The fraction of sp³-hybridized carbons (Fsp3) is 0.241. The number of fused-ring (bicyclic) bond motifs is 1. The number of rotatable bonds is 6. The Hall–Kier alpha value is -4.31. The molecule has 0 saturated heterocycles. The van der Waals surface area contributed by atoms with Crippen molar-refractivity contribution in [2.45, 2.75) is 31.1 Å². The summed E-state index contributed by atoms with van der Waals surface area (Å²) in [6.07, 6.45) is 0.640. The number of hydrogen-bond acceptors (Lipinski definition) is 8. The van der Waals surface area contributed by atoms with Gasteiger partial charge in [-0.1, -0.05) is 41.6 Å². The second-order valence-electron chi connectivity index (χ2n) is 9.41. The molecule has 0 spiro atoms. The quantitative estimate of drug-likeness (QED) is 0.472. The van der Waals surface area contributed by atoms with Crippen LogP contribution in [0.4, 0.5) is 5.69 Å². The number of amidine groups is 1. The molecule has 2 atom stereocenters. The van der Waals surface area contributed by atoms with Gasteiger partial charge in [0, 0.05) is 24.6 Å². The number of ether oxygens (including phenoxy) is 3. The largest absolute Gasteiger partial charge is 0.497 e. The van der Waals surface area contributed by atoms with Crippen LogP contribution >= 0.6 is 11.8 Å². The van der Waals surface area contributed by atoms with E-state index >= 15 is 0 Å². The number of hydrazone groups is 1. The minimum absolute atomic E-state index is 0.0109. The average molecular weight is 543 g/mol. The summed E-state index contributed by atoms with van der Waals surface area (Å²) in [5, 5.41) is 9.43. The Kier molecular flexibility index (Phi) is 6.70. The van der Waals surface area contributed by atoms with Crippen molar-refractivity contribution in [2.24, 2.45) is 10.1 Å². The molecule has 0 saturated carbocycles. The number of carbonyl (C=O) groups excluding carboxylic acids is 2. The summed E-state index contributed by atoms with van der Waals surface area (Å²) >= 11 is 1.27. The van der Waals surface area contributed by atoms with Crippen LogP contribution in [0.25, 0.3) is 0 Å². The molecule has 0 bridgehead atoms. The van der Waals surface area contributed by atoms with Gasteiger partial charge in [-0.15, -0.1) is 0 Å². The number of aryl methyl sites for hydroxylation is 1. The maximum atomic E-state index is 12.9. The molecule has 3 aliphatic rings. The second-order valence-corrected chi connectivity index (χ2v) is 10.6. The lowest BCUT2D eigenvalue weighted by Gasteiger charge is -2.23. The molecular formula is C29H26N4O5S. The Morgan fingerprint density at radius 1 is 1.08 bits per heavy atom. The molecule has 198 valence electrons. The highest BCUT2D eigenvalue weighted by Gasteiger charge is 2.39. The van der Waals surface area contributed by atoms with Crippen LogP contribution in [0, 0.1) is 6.92 Å². The van der Waals surface area contributed by atoms with Gasteiger partial charge in [0.15, 0.2) is 16.7 Å². The monoisotopic (exact) mass is 542 g/mol. The lowest BCUT2D eigenvalue weighted by molar-refractivity contribution is -0.121. The van der Waals surface area contributed by atoms with Crippen molar-refractivity contribution in [3.63, 3.8) is 0 Å². The number of thioether (sulfide) groups is 1. The van der Waals surface area contributed by atoms with E-state index in [2.05, 4.69) is 34.6 Å². The van der Waals surface area contributed by atoms with Crippen LogP contribution in [0.3, 0.4) is 0 Å². The highest BCUT2D eigenvalue weighted by Crippen LogP contribution is 2.39. The zero-order valence-corrected chi connectivity index (χ0v) is 22.2. The fourth-order valence-electron chi connectivity index (χ4n) is 4.65. The predicted octanol–water partition coefficient (Wildman–Crippen LogP) is 4.91. The first-order valence-corrected chi connectivity index (χ1v) is 13.4. The molecule has 3 heterocycles. The third kappa shape index (κ3) is 5.20. The van der Waals surface area contributed by atoms with Crippen molar-refractivity contribution in [1.82, 2.24) is 5.01 Å². The summed E-state index contributed by atoms with van der Waals surface area (Å²) in [5.41, 5.74) is 4.69. The minimum atomic E-state index is -0.632. The summed E-state index contributed by atoms with van der Waals surface area (Å²) in [7, 11) is 1.63. The van der Waals surface area contributed by atoms with Crippen molar-refractivity contribution in [3.05, 3.63) is 83.4 Å². The van der Waals surface area contributed by atoms with E-state index in [4.69, 9.17) is 19.3 Å². The van der Waals surface area contributed by atoms with Crippen LogP contribution in [0.5, 0.6) is 17.2 Å². The summed E-state index contributed by atoms with van der Waals surface area (Å²) in [4.78, 5) is 30.0. The highest BCUT2D eigenvalue weighted by atomic mass is 32.2. The van der Waals surface area contributed by atoms with Crippen LogP contribution < -0.4 is 19.5 Å². The van der Waals surface area contributed by atoms with Gasteiger partial charge < -0.3 is 19.5 Å². The Morgan fingerprint density at radius 2 is 1.85 bits per heavy atom. The van der Waals surface area contributed by atoms with Gasteiger partial charge in [-0.3, -0.25) is 9.59 Å². The number of hydrogen-bond donors (Lipinski definition) is 1. The van der Waals surface area contributed by atoms with Gasteiger partial charge in [-0.05, 0) is 54.4 Å². The van der Waals surface area contributed by atoms with E-state index in [9.17, 15) is 9.59 Å². The number of amides is 2. The van der Waals surface area contributed by atoms with Gasteiger partial charge >= 0.3 is 0 Å². The first-order valence-electron chi connectivity index (χ1n) is 12.5. The number of carbonyl (C=O) groups is 2. The lowest BCUT2D eigenvalue weighted by Crippen LogP contribution is -2.25. The molecule has 0 aliphatic carbocycles. The molecule has 0 fully saturated rings. The molecule has 0 radical (unpaired) electrons. The molecule has 3 aromatic carbocycles. The van der Waals surface area contributed by atoms with E-state index in [-0.39, 0.29) is 31.1 Å². The molecule has 6 rings (SSSR count). The summed E-state index contributed by atoms with van der Waals surface area (Å²) in [6.45, 7) is 2.20. The van der Waals surface area contributed by atoms with Crippen LogP contribution in [-0.4, -0.2) is 46.9 Å². The van der Waals surface area contributed by atoms with E-state index < -0.39 is 5.25 Å². The number of benzene rings is 3. The molecule has 2 amide bonds. The van der Waals surface area contributed by atoms with E-state index in [0.29, 0.717) is 28.8 Å². The molecule has 0 unspecified atom stereocenters. The summed E-state index contributed by atoms with van der Waals surface area (Å²) < 4.78 is 16.0. The van der Waals surface area contributed by atoms with Crippen molar-refractivity contribution in [3.8, 4) is 17.2 Å². The standard InChI is InChI=1S/C29H26N4O5S/c1-17-3-5-19(6-4-17)23-14-22(18-7-10-21(36-2)11-8-18)32-33(23)29-31-28(35)26(39-29)15-27(34)30-20-9-12-24-25(13-20)38-16-37-24/h3-13,23,26H,14-16H2,1-2H3,(H,30,34)/t23-,26+/m1/s1. The van der Waals surface area contributed by atoms with Gasteiger partial charge in [0.05, 0.1) is 18.9 Å². The van der Waals surface area contributed by atoms with E-state index in [1.165, 1.54) is 11.8 Å². The summed E-state index contributed by atoms with van der Waals surface area (Å²) in [6, 6.07) is 21.1. The molecule has 0 aromatic heterocycles. The second kappa shape index (κ2) is 10.5. The van der Waals surface area contributed by atoms with E-state index in [0.717, 1.165) is 28.2 Å². The van der Waals surface area contributed by atoms with E-state index in [1.54, 1.807) is 25.3 Å². The molecule has 10 heteroatoms. The molecule has 1 N–H and O–H groups in total. The fourth-order valence-corrected chi connectivity index (χ4v) is 5.71. The van der Waals surface area contributed by atoms with Gasteiger partial charge in [0.25, 0.3) is 5.91 Å². The average Bonchev–Trinajstić information content (AvgIpc) is 3.68. The number of anilines is 1. The predicted molar refractivity (Wildman–Crippen MR) is 150 cm³/mol. The number of methoxy groups -OCH3 is 1. The SMILES string of the molecule is COc1ccc(C2=NN(C3=NC(=O)[C@H](CC(=O)Nc4ccc5c(c4)OCO5)S3)[C@@H](c3ccc(C)cc3)C2)cc1. The van der Waals surface area contributed by atoms with Crippen molar-refractivity contribution >= 4 is 40.1 Å². The van der Waals surface area contributed by atoms with Crippen LogP contribution in [0.1, 0.15) is 35.6 Å². The Labute approximate surface area is 229 Å². The number of nitrogens with zero attached hydrogens (tertiary/aromatic N) is 3. The number of nitrogens with one attached hydrogen (secondary N) is 1. The zero-order chi connectivity index (χ0) is 26.9. The Bertz CT molecular complexity index is 1490. The van der Waals surface area contributed by atoms with Crippen LogP contribution in [-0.2, 0) is 9.59 Å². The molecule has 3 aliphatic heterocycles. The number of aliphatic imine (C=N–C) groups is 1. The van der Waals surface area contributed by atoms with Crippen molar-refractivity contribution in [2.75, 3.05) is 19.2 Å². The minimum Gasteiger partial charge on any atom is -0.497 e. The van der Waals surface area contributed by atoms with Crippen LogP contribution in [0.15, 0.2) is 76.8 Å². The molecular weight excluding hydrogens is 516 g/mol. The smallest absolute Gasteiger partial charge is 0.262 e. The zero-order valence-electron chi connectivity index (χ0n) is 21.4. The van der Waals surface area contributed by atoms with Gasteiger partial charge in [-0.2, -0.15) is 10.1 Å². The van der Waals surface area contributed by atoms with Gasteiger partial charge in [0.1, 0.15) is 11.0 Å². The van der Waals surface area contributed by atoms with Crippen molar-refractivity contribution in [1.29, 1.82) is 0 Å². The Morgan fingerprint density at radius 3 is 2.62 bits per heavy atom. The van der Waals surface area contributed by atoms with Gasteiger partial charge in [0.2, 0.25) is 12.7 Å². The maximum absolute atomic E-state index is 12.9. The molecule has 39 heavy (non-hydrogen) atoms. The highest BCUT2D eigenvalue weighted by molar-refractivity contribution is 8.15. The first-order chi connectivity index (χ1) is 19.0. The Balaban J connectivity index is 1.19. The van der Waals surface area contributed by atoms with Crippen LogP contribution in [0.2, 0.25) is 0 Å². The van der Waals surface area contributed by atoms with Crippen molar-refractivity contribution < 1.29 is 23.8 Å². The lowest BCUT2D eigenvalue weighted by atomic mass is 9.98. The first kappa shape index (κ1) is 25.0. The third-order valence-corrected chi connectivity index (χ3v) is 7.89. The normalized spacial score (nSPS) is 19.6. The van der Waals surface area contributed by atoms with E-state index in [1.807, 2.05) is 36.2 Å². The topological polar surface area (TPSA) is 102 Å². The summed E-state index contributed by atoms with van der Waals surface area (Å²) in [5.74, 6) is 1.36.